The van der Waals surface area contributed by atoms with Crippen molar-refractivity contribution in [2.24, 2.45) is 5.73 Å². The van der Waals surface area contributed by atoms with Crippen LogP contribution in [0.25, 0.3) is 27.9 Å². The molecule has 9 nitrogen and oxygen atoms in total. The summed E-state index contributed by atoms with van der Waals surface area (Å²) in [6.07, 6.45) is 2.16. The highest BCUT2D eigenvalue weighted by Gasteiger charge is 2.23. The van der Waals surface area contributed by atoms with Crippen LogP contribution in [0.4, 0.5) is 14.5 Å². The van der Waals surface area contributed by atoms with E-state index in [4.69, 9.17) is 22.1 Å². The number of ether oxygens (including phenoxy) is 1. The maximum absolute atomic E-state index is 13.3. The second kappa shape index (κ2) is 12.0. The van der Waals surface area contributed by atoms with E-state index in [0.717, 1.165) is 0 Å². The Labute approximate surface area is 232 Å². The highest BCUT2D eigenvalue weighted by atomic mass is 35.5. The van der Waals surface area contributed by atoms with Gasteiger partial charge in [0.2, 0.25) is 11.7 Å². The molecular formula is C28H24ClF2N5O4. The fourth-order valence-electron chi connectivity index (χ4n) is 4.21. The van der Waals surface area contributed by atoms with Crippen LogP contribution < -0.4 is 21.3 Å². The van der Waals surface area contributed by atoms with E-state index in [1.165, 1.54) is 42.1 Å². The summed E-state index contributed by atoms with van der Waals surface area (Å²) in [6, 6.07) is 9.81. The normalized spacial score (nSPS) is 12.4. The summed E-state index contributed by atoms with van der Waals surface area (Å²) in [5.74, 6) is -1.72. The van der Waals surface area contributed by atoms with Gasteiger partial charge in [-0.3, -0.25) is 28.9 Å². The van der Waals surface area contributed by atoms with Crippen molar-refractivity contribution in [1.29, 1.82) is 0 Å². The standard InChI is InChI=1S/C28H24ClF2N5O4/c1-3-23(28(39)35-16-5-7-21-22(11-16)34-9-8-33-21)36-14-25(40-2)19(12-26(36)38)18-10-15(29)4-6-17(18)20(32)13-24(37)27(30)31/h4-14,23,27H,3,32H2,1-2H3,(H,35,39). The average Bonchev–Trinajstić information content (AvgIpc) is 2.93. The third-order valence-corrected chi connectivity index (χ3v) is 6.36. The molecule has 0 spiro atoms. The molecule has 2 aromatic heterocycles. The molecule has 12 heteroatoms. The Morgan fingerprint density at radius 3 is 2.50 bits per heavy atom. The van der Waals surface area contributed by atoms with Gasteiger partial charge in [0, 0.05) is 52.1 Å². The lowest BCUT2D eigenvalue weighted by molar-refractivity contribution is -0.124. The monoisotopic (exact) mass is 567 g/mol. The molecule has 0 aliphatic carbocycles. The van der Waals surface area contributed by atoms with Gasteiger partial charge in [-0.1, -0.05) is 24.6 Å². The zero-order valence-corrected chi connectivity index (χ0v) is 22.2. The third-order valence-electron chi connectivity index (χ3n) is 6.12. The molecule has 0 saturated carbocycles. The molecule has 1 atom stereocenters. The van der Waals surface area contributed by atoms with Crippen LogP contribution in [0.15, 0.2) is 71.9 Å². The highest BCUT2D eigenvalue weighted by molar-refractivity contribution is 6.31. The molecule has 0 fully saturated rings. The molecular weight excluding hydrogens is 544 g/mol. The summed E-state index contributed by atoms with van der Waals surface area (Å²) < 4.78 is 32.4. The molecule has 1 amide bonds. The van der Waals surface area contributed by atoms with E-state index in [-0.39, 0.29) is 39.6 Å². The van der Waals surface area contributed by atoms with Gasteiger partial charge in [0.05, 0.1) is 24.3 Å². The largest absolute Gasteiger partial charge is 0.495 e. The number of carbonyl (C=O) groups excluding carboxylic acids is 2. The van der Waals surface area contributed by atoms with Crippen molar-refractivity contribution in [3.05, 3.63) is 88.1 Å². The van der Waals surface area contributed by atoms with Crippen LogP contribution in [-0.4, -0.2) is 39.8 Å². The SMILES string of the molecule is CCC(C(=O)Nc1ccc2nccnc2c1)n1cc(OC)c(-c2cc(Cl)ccc2C(N)=CC(=O)C(F)F)cc1=O. The lowest BCUT2D eigenvalue weighted by atomic mass is 9.97. The Hall–Kier alpha value is -4.64. The number of pyridine rings is 1. The summed E-state index contributed by atoms with van der Waals surface area (Å²) in [6.45, 7) is 1.75. The fourth-order valence-corrected chi connectivity index (χ4v) is 4.38. The third kappa shape index (κ3) is 5.99. The number of carbonyl (C=O) groups is 2. The molecule has 0 radical (unpaired) electrons. The van der Waals surface area contributed by atoms with Crippen LogP contribution >= 0.6 is 11.6 Å². The van der Waals surface area contributed by atoms with E-state index in [2.05, 4.69) is 15.3 Å². The summed E-state index contributed by atoms with van der Waals surface area (Å²) in [5.41, 5.74) is 7.65. The topological polar surface area (TPSA) is 129 Å². The van der Waals surface area contributed by atoms with Crippen LogP contribution in [0.5, 0.6) is 5.75 Å². The molecule has 4 aromatic rings. The molecule has 3 N–H and O–H groups in total. The summed E-state index contributed by atoms with van der Waals surface area (Å²) in [7, 11) is 1.37. The molecule has 1 unspecified atom stereocenters. The van der Waals surface area contributed by atoms with Gasteiger partial charge in [-0.05, 0) is 42.3 Å². The quantitative estimate of drug-likeness (QED) is 0.277. The molecule has 206 valence electrons. The molecule has 4 rings (SSSR count). The first-order valence-corrected chi connectivity index (χ1v) is 12.4. The van der Waals surface area contributed by atoms with E-state index in [9.17, 15) is 23.2 Å². The second-order valence-electron chi connectivity index (χ2n) is 8.67. The Morgan fingerprint density at radius 2 is 1.82 bits per heavy atom. The number of ketones is 1. The second-order valence-corrected chi connectivity index (χ2v) is 9.10. The van der Waals surface area contributed by atoms with Crippen molar-refractivity contribution >= 4 is 45.7 Å². The van der Waals surface area contributed by atoms with Gasteiger partial charge < -0.3 is 15.8 Å². The predicted octanol–water partition coefficient (Wildman–Crippen LogP) is 4.84. The van der Waals surface area contributed by atoms with E-state index in [1.807, 2.05) is 0 Å². The molecule has 2 heterocycles. The van der Waals surface area contributed by atoms with Gasteiger partial charge in [-0.15, -0.1) is 0 Å². The number of allylic oxidation sites excluding steroid dienone is 1. The fraction of sp³-hybridized carbons (Fsp3) is 0.179. The molecule has 2 aromatic carbocycles. The smallest absolute Gasteiger partial charge is 0.299 e. The number of rotatable bonds is 9. The Bertz CT molecular complexity index is 1690. The number of hydrogen-bond acceptors (Lipinski definition) is 7. The van der Waals surface area contributed by atoms with Crippen molar-refractivity contribution < 1.29 is 23.1 Å². The van der Waals surface area contributed by atoms with Crippen molar-refractivity contribution in [2.45, 2.75) is 25.8 Å². The summed E-state index contributed by atoms with van der Waals surface area (Å²) in [5, 5.41) is 3.08. The first-order chi connectivity index (χ1) is 19.1. The van der Waals surface area contributed by atoms with Crippen LogP contribution in [0.3, 0.4) is 0 Å². The van der Waals surface area contributed by atoms with Crippen molar-refractivity contribution in [3.63, 3.8) is 0 Å². The Kier molecular flexibility index (Phi) is 8.54. The van der Waals surface area contributed by atoms with Crippen molar-refractivity contribution in [3.8, 4) is 16.9 Å². The summed E-state index contributed by atoms with van der Waals surface area (Å²) >= 11 is 6.19. The van der Waals surface area contributed by atoms with Crippen LogP contribution in [0.1, 0.15) is 24.9 Å². The lowest BCUT2D eigenvalue weighted by Crippen LogP contribution is -2.32. The minimum atomic E-state index is -3.23. The van der Waals surface area contributed by atoms with Gasteiger partial charge >= 0.3 is 0 Å². The molecule has 0 bridgehead atoms. The van der Waals surface area contributed by atoms with Gasteiger partial charge in [0.25, 0.3) is 12.0 Å². The molecule has 0 aliphatic heterocycles. The van der Waals surface area contributed by atoms with E-state index in [0.29, 0.717) is 22.8 Å². The number of amides is 1. The maximum Gasteiger partial charge on any atom is 0.299 e. The molecule has 0 saturated heterocycles. The van der Waals surface area contributed by atoms with Crippen LogP contribution in [0, 0.1) is 0 Å². The Morgan fingerprint density at radius 1 is 1.10 bits per heavy atom. The van der Waals surface area contributed by atoms with E-state index in [1.54, 1.807) is 37.5 Å². The van der Waals surface area contributed by atoms with Crippen LogP contribution in [-0.2, 0) is 9.59 Å². The number of aromatic nitrogens is 3. The number of nitrogens with one attached hydrogen (secondary N) is 1. The van der Waals surface area contributed by atoms with E-state index >= 15 is 0 Å². The lowest BCUT2D eigenvalue weighted by Gasteiger charge is -2.21. The van der Waals surface area contributed by atoms with Crippen molar-refractivity contribution in [2.75, 3.05) is 12.4 Å². The minimum absolute atomic E-state index is 0.184. The van der Waals surface area contributed by atoms with Crippen molar-refractivity contribution in [1.82, 2.24) is 14.5 Å². The first-order valence-electron chi connectivity index (χ1n) is 12.0. The number of halogens is 3. The molecule has 0 aliphatic rings. The van der Waals surface area contributed by atoms with E-state index < -0.39 is 29.7 Å². The number of nitrogens with two attached hydrogens (primary N) is 1. The number of alkyl halides is 2. The van der Waals surface area contributed by atoms with Gasteiger partial charge in [0.1, 0.15) is 11.8 Å². The van der Waals surface area contributed by atoms with Gasteiger partial charge in [-0.25, -0.2) is 8.78 Å². The number of nitrogens with zero attached hydrogens (tertiary/aromatic N) is 3. The number of hydrogen-bond donors (Lipinski definition) is 2. The first kappa shape index (κ1) is 28.4. The predicted molar refractivity (Wildman–Crippen MR) is 148 cm³/mol. The average molecular weight is 568 g/mol. The molecule has 40 heavy (non-hydrogen) atoms. The Balaban J connectivity index is 1.73. The van der Waals surface area contributed by atoms with Crippen LogP contribution in [0.2, 0.25) is 5.02 Å². The zero-order valence-electron chi connectivity index (χ0n) is 21.4. The summed E-state index contributed by atoms with van der Waals surface area (Å²) in [4.78, 5) is 46.6. The number of methoxy groups -OCH3 is 1. The number of benzene rings is 2. The zero-order chi connectivity index (χ0) is 29.0. The maximum atomic E-state index is 13.3. The highest BCUT2D eigenvalue weighted by Crippen LogP contribution is 2.36. The number of anilines is 1. The van der Waals surface area contributed by atoms with Gasteiger partial charge in [0.15, 0.2) is 0 Å². The number of fused-ring (bicyclic) bond motifs is 1. The van der Waals surface area contributed by atoms with Gasteiger partial charge in [-0.2, -0.15) is 0 Å². The minimum Gasteiger partial charge on any atom is -0.495 e.